The number of ether oxygens (including phenoxy) is 1. The fourth-order valence-electron chi connectivity index (χ4n) is 1.12. The number of methoxy groups -OCH3 is 1. The minimum atomic E-state index is 0.259. The van der Waals surface area contributed by atoms with E-state index in [2.05, 4.69) is 11.8 Å². The first kappa shape index (κ1) is 11.9. The van der Waals surface area contributed by atoms with Gasteiger partial charge in [0.05, 0.1) is 0 Å². The van der Waals surface area contributed by atoms with Gasteiger partial charge >= 0.3 is 0 Å². The molecule has 0 aromatic carbocycles. The fraction of sp³-hybridized carbons (Fsp3) is 1.00. The standard InChI is InChI=1S/C9H22N2O/c1-8(5-6-12-4)9(10)7-11(2)3/h8-9H,5-7,10H2,1-4H3. The molecule has 0 fully saturated rings. The van der Waals surface area contributed by atoms with E-state index < -0.39 is 0 Å². The molecule has 0 saturated carbocycles. The number of nitrogens with zero attached hydrogens (tertiary/aromatic N) is 1. The van der Waals surface area contributed by atoms with Crippen LogP contribution in [0.3, 0.4) is 0 Å². The average molecular weight is 174 g/mol. The predicted molar refractivity (Wildman–Crippen MR) is 52.2 cm³/mol. The first-order valence-corrected chi connectivity index (χ1v) is 4.47. The highest BCUT2D eigenvalue weighted by molar-refractivity contribution is 4.71. The summed E-state index contributed by atoms with van der Waals surface area (Å²) in [5, 5.41) is 0. The van der Waals surface area contributed by atoms with Crippen molar-refractivity contribution in [2.75, 3.05) is 34.4 Å². The van der Waals surface area contributed by atoms with Gasteiger partial charge in [0.25, 0.3) is 0 Å². The van der Waals surface area contributed by atoms with Crippen LogP contribution in [0.1, 0.15) is 13.3 Å². The van der Waals surface area contributed by atoms with Crippen molar-refractivity contribution in [1.29, 1.82) is 0 Å². The van der Waals surface area contributed by atoms with Crippen molar-refractivity contribution in [2.45, 2.75) is 19.4 Å². The number of rotatable bonds is 6. The van der Waals surface area contributed by atoms with Gasteiger partial charge in [0, 0.05) is 26.3 Å². The van der Waals surface area contributed by atoms with Crippen molar-refractivity contribution in [3.63, 3.8) is 0 Å². The molecule has 2 unspecified atom stereocenters. The van der Waals surface area contributed by atoms with Gasteiger partial charge < -0.3 is 15.4 Å². The predicted octanol–water partition coefficient (Wildman–Crippen LogP) is 0.548. The molecule has 0 heterocycles. The first-order valence-electron chi connectivity index (χ1n) is 4.47. The van der Waals surface area contributed by atoms with Gasteiger partial charge in [-0.1, -0.05) is 6.92 Å². The number of likely N-dealkylation sites (N-methyl/N-ethyl adjacent to an activating group) is 1. The zero-order valence-electron chi connectivity index (χ0n) is 8.71. The zero-order valence-corrected chi connectivity index (χ0v) is 8.71. The Morgan fingerprint density at radius 3 is 2.42 bits per heavy atom. The number of hydrogen-bond donors (Lipinski definition) is 1. The van der Waals surface area contributed by atoms with Crippen molar-refractivity contribution in [3.05, 3.63) is 0 Å². The van der Waals surface area contributed by atoms with Crippen molar-refractivity contribution in [3.8, 4) is 0 Å². The molecule has 0 aliphatic carbocycles. The van der Waals surface area contributed by atoms with Gasteiger partial charge in [0.15, 0.2) is 0 Å². The molecule has 0 rings (SSSR count). The van der Waals surface area contributed by atoms with Crippen LogP contribution in [0.5, 0.6) is 0 Å². The molecule has 3 heteroatoms. The molecule has 0 bridgehead atoms. The van der Waals surface area contributed by atoms with E-state index in [-0.39, 0.29) is 6.04 Å². The number of nitrogens with two attached hydrogens (primary N) is 1. The highest BCUT2D eigenvalue weighted by atomic mass is 16.5. The third-order valence-electron chi connectivity index (χ3n) is 2.08. The van der Waals surface area contributed by atoms with Crippen molar-refractivity contribution in [1.82, 2.24) is 4.90 Å². The summed E-state index contributed by atoms with van der Waals surface area (Å²) in [7, 11) is 5.82. The van der Waals surface area contributed by atoms with Gasteiger partial charge in [0.2, 0.25) is 0 Å². The average Bonchev–Trinajstić information content (AvgIpc) is 1.98. The molecule has 74 valence electrons. The monoisotopic (exact) mass is 174 g/mol. The van der Waals surface area contributed by atoms with Crippen LogP contribution in [0.4, 0.5) is 0 Å². The summed E-state index contributed by atoms with van der Waals surface area (Å²) in [6.07, 6.45) is 1.05. The summed E-state index contributed by atoms with van der Waals surface area (Å²) in [6.45, 7) is 3.93. The second-order valence-electron chi connectivity index (χ2n) is 3.68. The summed E-state index contributed by atoms with van der Waals surface area (Å²) in [5.41, 5.74) is 5.96. The molecule has 3 nitrogen and oxygen atoms in total. The van der Waals surface area contributed by atoms with E-state index in [0.29, 0.717) is 5.92 Å². The Balaban J connectivity index is 3.53. The first-order chi connectivity index (χ1) is 5.57. The van der Waals surface area contributed by atoms with Crippen LogP contribution < -0.4 is 5.73 Å². The molecule has 0 aromatic heterocycles. The van der Waals surface area contributed by atoms with E-state index >= 15 is 0 Å². The third kappa shape index (κ3) is 5.52. The molecule has 2 atom stereocenters. The van der Waals surface area contributed by atoms with Gasteiger partial charge in [-0.15, -0.1) is 0 Å². The van der Waals surface area contributed by atoms with Crippen LogP contribution in [0.2, 0.25) is 0 Å². The molecule has 0 spiro atoms. The maximum atomic E-state index is 5.96. The fourth-order valence-corrected chi connectivity index (χ4v) is 1.12. The normalized spacial score (nSPS) is 16.5. The van der Waals surface area contributed by atoms with Crippen LogP contribution in [0, 0.1) is 5.92 Å². The van der Waals surface area contributed by atoms with E-state index in [4.69, 9.17) is 10.5 Å². The van der Waals surface area contributed by atoms with Gasteiger partial charge in [-0.05, 0) is 26.4 Å². The second-order valence-corrected chi connectivity index (χ2v) is 3.68. The lowest BCUT2D eigenvalue weighted by Crippen LogP contribution is -2.38. The SMILES string of the molecule is COCCC(C)C(N)CN(C)C. The van der Waals surface area contributed by atoms with Gasteiger partial charge in [0.1, 0.15) is 0 Å². The Bertz CT molecular complexity index is 107. The Morgan fingerprint density at radius 2 is 2.00 bits per heavy atom. The van der Waals surface area contributed by atoms with Crippen molar-refractivity contribution in [2.24, 2.45) is 11.7 Å². The third-order valence-corrected chi connectivity index (χ3v) is 2.08. The smallest absolute Gasteiger partial charge is 0.0465 e. The van der Waals surface area contributed by atoms with Crippen LogP contribution in [0.25, 0.3) is 0 Å². The molecule has 0 aliphatic heterocycles. The number of hydrogen-bond acceptors (Lipinski definition) is 3. The minimum absolute atomic E-state index is 0.259. The highest BCUT2D eigenvalue weighted by Crippen LogP contribution is 2.06. The van der Waals surface area contributed by atoms with Crippen molar-refractivity contribution >= 4 is 0 Å². The zero-order chi connectivity index (χ0) is 9.56. The van der Waals surface area contributed by atoms with Gasteiger partial charge in [-0.25, -0.2) is 0 Å². The van der Waals surface area contributed by atoms with Crippen LogP contribution in [0.15, 0.2) is 0 Å². The maximum absolute atomic E-state index is 5.96. The Morgan fingerprint density at radius 1 is 1.42 bits per heavy atom. The quantitative estimate of drug-likeness (QED) is 0.639. The van der Waals surface area contributed by atoms with E-state index in [1.54, 1.807) is 7.11 Å². The maximum Gasteiger partial charge on any atom is 0.0465 e. The molecule has 0 aliphatic rings. The van der Waals surface area contributed by atoms with Crippen molar-refractivity contribution < 1.29 is 4.74 Å². The Kier molecular flexibility index (Phi) is 6.34. The van der Waals surface area contributed by atoms with Gasteiger partial charge in [-0.2, -0.15) is 0 Å². The lowest BCUT2D eigenvalue weighted by molar-refractivity contribution is 0.170. The summed E-state index contributed by atoms with van der Waals surface area (Å²) < 4.78 is 5.00. The molecule has 0 radical (unpaired) electrons. The summed E-state index contributed by atoms with van der Waals surface area (Å²) in [4.78, 5) is 2.12. The second kappa shape index (κ2) is 6.40. The summed E-state index contributed by atoms with van der Waals surface area (Å²) in [5.74, 6) is 0.535. The summed E-state index contributed by atoms with van der Waals surface area (Å²) >= 11 is 0. The van der Waals surface area contributed by atoms with Gasteiger partial charge in [-0.3, -0.25) is 0 Å². The lowest BCUT2D eigenvalue weighted by Gasteiger charge is -2.22. The topological polar surface area (TPSA) is 38.5 Å². The molecular formula is C9H22N2O. The van der Waals surface area contributed by atoms with E-state index in [9.17, 15) is 0 Å². The van der Waals surface area contributed by atoms with Crippen LogP contribution in [-0.4, -0.2) is 45.3 Å². The molecule has 0 saturated heterocycles. The van der Waals surface area contributed by atoms with E-state index in [1.807, 2.05) is 14.1 Å². The van der Waals surface area contributed by atoms with Crippen LogP contribution in [-0.2, 0) is 4.74 Å². The molecule has 0 amide bonds. The van der Waals surface area contributed by atoms with E-state index in [0.717, 1.165) is 19.6 Å². The molecular weight excluding hydrogens is 152 g/mol. The highest BCUT2D eigenvalue weighted by Gasteiger charge is 2.12. The van der Waals surface area contributed by atoms with E-state index in [1.165, 1.54) is 0 Å². The molecule has 2 N–H and O–H groups in total. The molecule has 0 aromatic rings. The lowest BCUT2D eigenvalue weighted by atomic mass is 9.99. The summed E-state index contributed by atoms with van der Waals surface area (Å²) in [6, 6.07) is 0.259. The minimum Gasteiger partial charge on any atom is -0.385 e. The Hall–Kier alpha value is -0.120. The Labute approximate surface area is 75.9 Å². The largest absolute Gasteiger partial charge is 0.385 e. The molecule has 12 heavy (non-hydrogen) atoms. The van der Waals surface area contributed by atoms with Crippen LogP contribution >= 0.6 is 0 Å².